The first kappa shape index (κ1) is 16.5. The standard InChI is InChI=1S/C17H16Cl2N2O/c1-10-4-5-14(8-11(10)2)17(22)21-20-12(3)13-6-7-15(18)16(19)9-13/h4-9H,1-3H3,(H,21,22)/b20-12+. The summed E-state index contributed by atoms with van der Waals surface area (Å²) < 4.78 is 0. The molecule has 0 bridgehead atoms. The van der Waals surface area contributed by atoms with E-state index in [0.717, 1.165) is 16.7 Å². The number of aryl methyl sites for hydroxylation is 2. The quantitative estimate of drug-likeness (QED) is 0.637. The molecule has 0 spiro atoms. The van der Waals surface area contributed by atoms with Gasteiger partial charge in [0.15, 0.2) is 0 Å². The second-order valence-electron chi connectivity index (χ2n) is 5.07. The highest BCUT2D eigenvalue weighted by molar-refractivity contribution is 6.42. The van der Waals surface area contributed by atoms with E-state index in [4.69, 9.17) is 23.2 Å². The average Bonchev–Trinajstić information content (AvgIpc) is 2.50. The van der Waals surface area contributed by atoms with Crippen LogP contribution in [0.1, 0.15) is 34.0 Å². The molecule has 3 nitrogen and oxygen atoms in total. The smallest absolute Gasteiger partial charge is 0.267 e. The number of benzene rings is 2. The van der Waals surface area contributed by atoms with Crippen molar-refractivity contribution in [2.45, 2.75) is 20.8 Å². The minimum absolute atomic E-state index is 0.248. The Morgan fingerprint density at radius 2 is 1.64 bits per heavy atom. The Morgan fingerprint density at radius 3 is 2.27 bits per heavy atom. The van der Waals surface area contributed by atoms with Gasteiger partial charge in [-0.2, -0.15) is 5.10 Å². The Hall–Kier alpha value is -1.84. The molecular formula is C17H16Cl2N2O. The van der Waals surface area contributed by atoms with Gasteiger partial charge in [-0.15, -0.1) is 0 Å². The third kappa shape index (κ3) is 3.87. The number of halogens is 2. The van der Waals surface area contributed by atoms with E-state index < -0.39 is 0 Å². The number of amides is 1. The topological polar surface area (TPSA) is 41.5 Å². The molecule has 0 saturated carbocycles. The second kappa shape index (κ2) is 6.95. The predicted molar refractivity (Wildman–Crippen MR) is 92.1 cm³/mol. The predicted octanol–water partition coefficient (Wildman–Crippen LogP) is 4.76. The molecule has 2 aromatic carbocycles. The molecule has 0 aliphatic carbocycles. The average molecular weight is 335 g/mol. The van der Waals surface area contributed by atoms with Gasteiger partial charge in [-0.3, -0.25) is 4.79 Å². The fourth-order valence-electron chi connectivity index (χ4n) is 1.87. The number of nitrogens with zero attached hydrogens (tertiary/aromatic N) is 1. The zero-order valence-electron chi connectivity index (χ0n) is 12.6. The third-order valence-electron chi connectivity index (χ3n) is 3.43. The molecule has 2 aromatic rings. The highest BCUT2D eigenvalue weighted by Gasteiger charge is 2.07. The number of carbonyl (C=O) groups excluding carboxylic acids is 1. The normalized spacial score (nSPS) is 11.4. The van der Waals surface area contributed by atoms with Gasteiger partial charge in [0.1, 0.15) is 0 Å². The van der Waals surface area contributed by atoms with Crippen LogP contribution < -0.4 is 5.43 Å². The van der Waals surface area contributed by atoms with E-state index in [2.05, 4.69) is 10.5 Å². The van der Waals surface area contributed by atoms with Crippen LogP contribution >= 0.6 is 23.2 Å². The summed E-state index contributed by atoms with van der Waals surface area (Å²) in [5.41, 5.74) is 6.79. The van der Waals surface area contributed by atoms with Gasteiger partial charge in [0, 0.05) is 5.56 Å². The molecular weight excluding hydrogens is 319 g/mol. The molecule has 1 amide bonds. The van der Waals surface area contributed by atoms with Gasteiger partial charge >= 0.3 is 0 Å². The van der Waals surface area contributed by atoms with E-state index in [1.807, 2.05) is 26.0 Å². The molecule has 0 saturated heterocycles. The Balaban J connectivity index is 2.14. The van der Waals surface area contributed by atoms with Gasteiger partial charge in [-0.25, -0.2) is 5.43 Å². The van der Waals surface area contributed by atoms with Gasteiger partial charge in [0.2, 0.25) is 0 Å². The van der Waals surface area contributed by atoms with E-state index in [1.54, 1.807) is 31.2 Å². The van der Waals surface area contributed by atoms with Crippen LogP contribution in [0, 0.1) is 13.8 Å². The molecule has 0 aliphatic rings. The number of hydrogen-bond acceptors (Lipinski definition) is 2. The molecule has 114 valence electrons. The summed E-state index contributed by atoms with van der Waals surface area (Å²) in [5, 5.41) is 5.05. The first-order valence-corrected chi connectivity index (χ1v) is 7.51. The van der Waals surface area contributed by atoms with Crippen LogP contribution in [0.3, 0.4) is 0 Å². The van der Waals surface area contributed by atoms with Crippen LogP contribution in [0.2, 0.25) is 10.0 Å². The number of nitrogens with one attached hydrogen (secondary N) is 1. The molecule has 0 fully saturated rings. The van der Waals surface area contributed by atoms with Crippen LogP contribution in [0.4, 0.5) is 0 Å². The molecule has 0 atom stereocenters. The maximum absolute atomic E-state index is 12.1. The summed E-state index contributed by atoms with van der Waals surface area (Å²) in [5.74, 6) is -0.248. The van der Waals surface area contributed by atoms with Crippen molar-refractivity contribution in [3.63, 3.8) is 0 Å². The monoisotopic (exact) mass is 334 g/mol. The second-order valence-corrected chi connectivity index (χ2v) is 5.88. The lowest BCUT2D eigenvalue weighted by molar-refractivity contribution is 0.0954. The van der Waals surface area contributed by atoms with Gasteiger partial charge in [0.25, 0.3) is 5.91 Å². The molecule has 22 heavy (non-hydrogen) atoms. The van der Waals surface area contributed by atoms with E-state index in [-0.39, 0.29) is 5.91 Å². The van der Waals surface area contributed by atoms with Crippen LogP contribution in [-0.2, 0) is 0 Å². The van der Waals surface area contributed by atoms with Crippen molar-refractivity contribution < 1.29 is 4.79 Å². The molecule has 0 heterocycles. The van der Waals surface area contributed by atoms with Crippen LogP contribution in [0.5, 0.6) is 0 Å². The van der Waals surface area contributed by atoms with E-state index >= 15 is 0 Å². The van der Waals surface area contributed by atoms with Gasteiger partial charge in [-0.1, -0.05) is 35.3 Å². The zero-order valence-corrected chi connectivity index (χ0v) is 14.1. The highest BCUT2D eigenvalue weighted by atomic mass is 35.5. The van der Waals surface area contributed by atoms with Gasteiger partial charge in [0.05, 0.1) is 15.8 Å². The lowest BCUT2D eigenvalue weighted by Crippen LogP contribution is -2.19. The van der Waals surface area contributed by atoms with E-state index in [0.29, 0.717) is 21.3 Å². The fraction of sp³-hybridized carbons (Fsp3) is 0.176. The molecule has 0 aliphatic heterocycles. The van der Waals surface area contributed by atoms with Gasteiger partial charge in [-0.05, 0) is 61.7 Å². The molecule has 1 N–H and O–H groups in total. The Morgan fingerprint density at radius 1 is 0.955 bits per heavy atom. The first-order chi connectivity index (χ1) is 10.4. The maximum Gasteiger partial charge on any atom is 0.271 e. The maximum atomic E-state index is 12.1. The van der Waals surface area contributed by atoms with Crippen LogP contribution in [-0.4, -0.2) is 11.6 Å². The summed E-state index contributed by atoms with van der Waals surface area (Å²) in [6.45, 7) is 5.76. The summed E-state index contributed by atoms with van der Waals surface area (Å²) >= 11 is 11.9. The van der Waals surface area contributed by atoms with Gasteiger partial charge < -0.3 is 0 Å². The number of rotatable bonds is 3. The minimum Gasteiger partial charge on any atom is -0.267 e. The van der Waals surface area contributed by atoms with Crippen LogP contribution in [0.15, 0.2) is 41.5 Å². The molecule has 0 radical (unpaired) electrons. The van der Waals surface area contributed by atoms with Crippen molar-refractivity contribution in [1.82, 2.24) is 5.43 Å². The van der Waals surface area contributed by atoms with E-state index in [1.165, 1.54) is 0 Å². The zero-order chi connectivity index (χ0) is 16.3. The van der Waals surface area contributed by atoms with Crippen molar-refractivity contribution in [3.05, 3.63) is 68.7 Å². The SMILES string of the molecule is C/C(=N\NC(=O)c1ccc(C)c(C)c1)c1ccc(Cl)c(Cl)c1. The lowest BCUT2D eigenvalue weighted by atomic mass is 10.1. The van der Waals surface area contributed by atoms with E-state index in [9.17, 15) is 4.79 Å². The van der Waals surface area contributed by atoms with Crippen molar-refractivity contribution in [2.24, 2.45) is 5.10 Å². The summed E-state index contributed by atoms with van der Waals surface area (Å²) in [6.07, 6.45) is 0. The fourth-order valence-corrected chi connectivity index (χ4v) is 2.17. The molecule has 5 heteroatoms. The molecule has 2 rings (SSSR count). The number of hydrogen-bond donors (Lipinski definition) is 1. The van der Waals surface area contributed by atoms with Crippen molar-refractivity contribution in [3.8, 4) is 0 Å². The number of carbonyl (C=O) groups is 1. The largest absolute Gasteiger partial charge is 0.271 e. The minimum atomic E-state index is -0.248. The third-order valence-corrected chi connectivity index (χ3v) is 4.17. The van der Waals surface area contributed by atoms with Crippen LogP contribution in [0.25, 0.3) is 0 Å². The Kier molecular flexibility index (Phi) is 5.22. The summed E-state index contributed by atoms with van der Waals surface area (Å²) in [4.78, 5) is 12.1. The first-order valence-electron chi connectivity index (χ1n) is 6.76. The Bertz CT molecular complexity index is 754. The summed E-state index contributed by atoms with van der Waals surface area (Å²) in [6, 6.07) is 10.7. The van der Waals surface area contributed by atoms with Crippen molar-refractivity contribution in [2.75, 3.05) is 0 Å². The van der Waals surface area contributed by atoms with Crippen molar-refractivity contribution >= 4 is 34.8 Å². The van der Waals surface area contributed by atoms with Crippen molar-refractivity contribution in [1.29, 1.82) is 0 Å². The molecule has 0 unspecified atom stereocenters. The lowest BCUT2D eigenvalue weighted by Gasteiger charge is -2.06. The number of hydrazone groups is 1. The summed E-state index contributed by atoms with van der Waals surface area (Å²) in [7, 11) is 0. The molecule has 0 aromatic heterocycles. The highest BCUT2D eigenvalue weighted by Crippen LogP contribution is 2.22. The Labute approximate surface area is 139 Å².